The van der Waals surface area contributed by atoms with Gasteiger partial charge in [-0.1, -0.05) is 103 Å². The van der Waals surface area contributed by atoms with Crippen molar-refractivity contribution in [2.45, 2.75) is 124 Å². The molecule has 24 nitrogen and oxygen atoms in total. The highest BCUT2D eigenvalue weighted by Crippen LogP contribution is 2.45. The fourth-order valence-corrected chi connectivity index (χ4v) is 17.2. The lowest BCUT2D eigenvalue weighted by molar-refractivity contribution is 0.226. The summed E-state index contributed by atoms with van der Waals surface area (Å²) in [5.41, 5.74) is 27.4. The third-order valence-electron chi connectivity index (χ3n) is 22.5. The third kappa shape index (κ3) is 23.1. The molecule has 642 valence electrons. The van der Waals surface area contributed by atoms with Gasteiger partial charge in [0.25, 0.3) is 0 Å². The predicted octanol–water partition coefficient (Wildman–Crippen LogP) is 20.7. The lowest BCUT2D eigenvalue weighted by atomic mass is 9.97. The number of likely N-dealkylation sites (tertiary alicyclic amines) is 1. The highest BCUT2D eigenvalue weighted by molar-refractivity contribution is 7.81. The maximum atomic E-state index is 6.21. The van der Waals surface area contributed by atoms with Crippen LogP contribution in [0.1, 0.15) is 119 Å². The van der Waals surface area contributed by atoms with E-state index >= 15 is 0 Å². The summed E-state index contributed by atoms with van der Waals surface area (Å²) in [4.78, 5) is 65.7. The van der Waals surface area contributed by atoms with E-state index < -0.39 is 0 Å². The molecule has 18 rings (SSSR count). The fraction of sp³-hybridized carbons (Fsp3) is 0.319. The third-order valence-corrected chi connectivity index (χ3v) is 24.2. The number of piperidine rings is 1. The van der Waals surface area contributed by atoms with Crippen LogP contribution < -0.4 is 47.9 Å². The summed E-state index contributed by atoms with van der Waals surface area (Å²) >= 11 is 40.5. The standard InChI is InChI=1S/C26H30N6S.C25H28ClN7S.C24H27ClN6S.C19H16ClN5S/c1-16-22(11-17(14-27-16)5-4-10-32(2)3)30-26-28-15-20-13-24(33)29-23-12-19(18-6-7-18)8-9-21(23)25(20)31-26;1-15-20(5-6-22(29-15)27-13-16-7-9-33(2)10-8-16)31-25-28-14-17-11-23(34)30-21-12-18(26)3-4-19(21)24(17)32-25;1-4-19-21(10-15(13-26-19)6-5-9-31(2)3)29-24-27-14-16-11-22(32)28-20-12-17(25)7-8-18(20)23(16)30-24;1-10-5-6-21-11(2)17(10)24-19-22-9-12-7-16(26)23-15-8-13(20)3-4-14(15)18(12)25-19/h8-9,11-12,14-15,18H,4-7,10,13H2,1-3H3,(H,29,33)(H,28,30,31);3-6,12,14,16H,7-11,13H2,1-2H3,(H,27,29)(H,30,34)(H,28,31,32);7-8,10,12-14H,4-6,9,11H2,1-3H3,(H,28,32)(H,27,29,30);3-6,8-9H,7H2,1-2H3,(H,23,26)(H,22,24,25). The Labute approximate surface area is 767 Å². The number of hydrogen-bond acceptors (Lipinski definition) is 24. The Hall–Kier alpha value is -10.9. The SMILES string of the molecule is CCc1ncc(CCCN(C)C)cc1Nc1ncc2c(n1)-c1ccc(Cl)cc1NC(=S)C2.Cc1ccnc(C)c1Nc1ncc2c(n1)-c1ccc(Cl)cc1NC(=S)C2.Cc1nc(NCC2CCN(C)CC2)ccc1Nc1ncc2c(n1)-c1ccc(Cl)cc1NC(=S)C2.Cc1ncc(CCCN(C)C)cc1Nc1ncc2c(n1)-c1ccc(C3CC3)cc1NC(=S)C2. The summed E-state index contributed by atoms with van der Waals surface area (Å²) in [5, 5.41) is 32.2. The molecular weight excluding hydrogens is 1700 g/mol. The average Bonchev–Trinajstić information content (AvgIpc) is 1.80. The van der Waals surface area contributed by atoms with Crippen LogP contribution in [0.5, 0.6) is 0 Å². The van der Waals surface area contributed by atoms with E-state index in [-0.39, 0.29) is 0 Å². The van der Waals surface area contributed by atoms with Crippen molar-refractivity contribution in [2.24, 2.45) is 5.92 Å². The molecule has 2 fully saturated rings. The zero-order chi connectivity index (χ0) is 87.5. The number of aromatic nitrogens is 12. The van der Waals surface area contributed by atoms with Crippen LogP contribution in [0.25, 0.3) is 45.0 Å². The molecule has 0 bridgehead atoms. The van der Waals surface area contributed by atoms with Crippen molar-refractivity contribution in [1.82, 2.24) is 74.5 Å². The van der Waals surface area contributed by atoms with Crippen molar-refractivity contribution in [1.29, 1.82) is 0 Å². The highest BCUT2D eigenvalue weighted by atomic mass is 35.5. The van der Waals surface area contributed by atoms with Crippen molar-refractivity contribution < 1.29 is 0 Å². The zero-order valence-corrected chi connectivity index (χ0v) is 77.2. The summed E-state index contributed by atoms with van der Waals surface area (Å²) in [6.45, 7) is 15.5. The number of thiocarbonyl (C=S) groups is 4. The molecule has 13 heterocycles. The Morgan fingerprint density at radius 2 is 0.872 bits per heavy atom. The number of pyridine rings is 4. The number of nitrogens with one attached hydrogen (secondary N) is 9. The van der Waals surface area contributed by atoms with Crippen LogP contribution in [0.2, 0.25) is 15.1 Å². The second-order valence-corrected chi connectivity index (χ2v) is 36.1. The van der Waals surface area contributed by atoms with Gasteiger partial charge in [0.05, 0.1) is 88.3 Å². The van der Waals surface area contributed by atoms with Gasteiger partial charge in [-0.15, -0.1) is 0 Å². The van der Waals surface area contributed by atoms with Gasteiger partial charge in [-0.05, 0) is 272 Å². The van der Waals surface area contributed by atoms with Crippen molar-refractivity contribution in [3.05, 3.63) is 229 Å². The van der Waals surface area contributed by atoms with Gasteiger partial charge in [0, 0.05) is 158 Å². The Morgan fingerprint density at radius 1 is 0.440 bits per heavy atom. The number of anilines is 13. The molecule has 0 unspecified atom stereocenters. The molecule has 1 saturated carbocycles. The molecule has 0 spiro atoms. The van der Waals surface area contributed by atoms with Crippen LogP contribution in [0, 0.1) is 33.6 Å². The van der Waals surface area contributed by atoms with Crippen LogP contribution in [-0.4, -0.2) is 162 Å². The van der Waals surface area contributed by atoms with Gasteiger partial charge in [-0.3, -0.25) is 15.0 Å². The van der Waals surface area contributed by atoms with Gasteiger partial charge >= 0.3 is 0 Å². The summed E-state index contributed by atoms with van der Waals surface area (Å²) in [6.07, 6.45) is 25.5. The monoisotopic (exact) mass is 1800 g/mol. The van der Waals surface area contributed by atoms with Gasteiger partial charge in [-0.2, -0.15) is 0 Å². The summed E-state index contributed by atoms with van der Waals surface area (Å²) in [7, 11) is 10.6. The van der Waals surface area contributed by atoms with Crippen LogP contribution in [-0.2, 0) is 44.9 Å². The van der Waals surface area contributed by atoms with Crippen LogP contribution in [0.4, 0.5) is 75.1 Å². The summed E-state index contributed by atoms with van der Waals surface area (Å²) in [6, 6.07) is 34.1. The quantitative estimate of drug-likeness (QED) is 0.0303. The number of nitrogens with zero attached hydrogens (tertiary/aromatic N) is 15. The topological polar surface area (TPSA) is 273 Å². The second kappa shape index (κ2) is 40.6. The highest BCUT2D eigenvalue weighted by Gasteiger charge is 2.29. The largest absolute Gasteiger partial charge is 0.370 e. The minimum absolute atomic E-state index is 0.518. The first kappa shape index (κ1) is 89.0. The molecule has 0 atom stereocenters. The van der Waals surface area contributed by atoms with E-state index in [0.717, 1.165) is 219 Å². The van der Waals surface area contributed by atoms with Crippen molar-refractivity contribution in [3.63, 3.8) is 0 Å². The normalized spacial score (nSPS) is 14.3. The molecular formula is C94H101Cl3N24S4. The van der Waals surface area contributed by atoms with Crippen molar-refractivity contribution in [3.8, 4) is 45.0 Å². The number of halogens is 3. The Morgan fingerprint density at radius 3 is 1.32 bits per heavy atom. The number of aryl methyl sites for hydroxylation is 7. The zero-order valence-electron chi connectivity index (χ0n) is 71.7. The Kier molecular flexibility index (Phi) is 28.9. The molecule has 5 aliphatic heterocycles. The van der Waals surface area contributed by atoms with E-state index in [0.29, 0.717) is 76.4 Å². The summed E-state index contributed by atoms with van der Waals surface area (Å²) in [5.74, 6) is 4.45. The van der Waals surface area contributed by atoms with E-state index in [1.165, 1.54) is 55.5 Å². The van der Waals surface area contributed by atoms with Crippen LogP contribution in [0.3, 0.4) is 0 Å². The molecule has 4 aromatic carbocycles. The minimum atomic E-state index is 0.518. The van der Waals surface area contributed by atoms with Gasteiger partial charge in [0.2, 0.25) is 23.8 Å². The Bertz CT molecular complexity index is 6040. The molecule has 12 aromatic rings. The predicted molar refractivity (Wildman–Crippen MR) is 527 cm³/mol. The molecule has 0 amide bonds. The van der Waals surface area contributed by atoms with E-state index in [1.807, 2.05) is 138 Å². The van der Waals surface area contributed by atoms with Crippen LogP contribution in [0.15, 0.2) is 147 Å². The molecule has 8 aromatic heterocycles. The lowest BCUT2D eigenvalue weighted by Gasteiger charge is -2.29. The Balaban J connectivity index is 0.000000129. The van der Waals surface area contributed by atoms with E-state index in [1.54, 1.807) is 6.20 Å². The number of benzene rings is 4. The van der Waals surface area contributed by atoms with E-state index in [9.17, 15) is 0 Å². The van der Waals surface area contributed by atoms with E-state index in [2.05, 4.69) is 170 Å². The smallest absolute Gasteiger partial charge is 0.227 e. The summed E-state index contributed by atoms with van der Waals surface area (Å²) < 4.78 is 0. The average molecular weight is 1800 g/mol. The lowest BCUT2D eigenvalue weighted by Crippen LogP contribution is -2.33. The van der Waals surface area contributed by atoms with Gasteiger partial charge in [0.1, 0.15) is 5.82 Å². The van der Waals surface area contributed by atoms with Crippen molar-refractivity contribution in [2.75, 3.05) is 116 Å². The molecule has 125 heavy (non-hydrogen) atoms. The number of rotatable bonds is 21. The van der Waals surface area contributed by atoms with Crippen LogP contribution >= 0.6 is 83.7 Å². The molecule has 6 aliphatic rings. The number of fused-ring (bicyclic) bond motifs is 12. The molecule has 9 N–H and O–H groups in total. The van der Waals surface area contributed by atoms with Crippen molar-refractivity contribution >= 4 is 179 Å². The maximum absolute atomic E-state index is 6.21. The van der Waals surface area contributed by atoms with E-state index in [4.69, 9.17) is 109 Å². The first-order valence-electron chi connectivity index (χ1n) is 42.1. The first-order valence-corrected chi connectivity index (χ1v) is 44.9. The van der Waals surface area contributed by atoms with Gasteiger partial charge in [-0.25, -0.2) is 44.9 Å². The minimum Gasteiger partial charge on any atom is -0.370 e. The second-order valence-electron chi connectivity index (χ2n) is 32.8. The molecule has 1 aliphatic carbocycles. The van der Waals surface area contributed by atoms with Gasteiger partial charge < -0.3 is 62.6 Å². The van der Waals surface area contributed by atoms with Gasteiger partial charge in [0.15, 0.2) is 0 Å². The number of hydrogen-bond donors (Lipinski definition) is 9. The fourth-order valence-electron chi connectivity index (χ4n) is 15.6. The molecule has 1 saturated heterocycles. The molecule has 0 radical (unpaired) electrons. The molecule has 31 heteroatoms. The first-order chi connectivity index (χ1) is 60.3. The maximum Gasteiger partial charge on any atom is 0.227 e.